The Morgan fingerprint density at radius 3 is 2.36 bits per heavy atom. The van der Waals surface area contributed by atoms with Gasteiger partial charge < -0.3 is 14.7 Å². The molecular formula is C20H27N3O2. The molecule has 1 saturated heterocycles. The molecule has 0 amide bonds. The molecule has 1 aliphatic heterocycles. The standard InChI is InChI=1S/C20H27N3O2/c24-19(17-25-20-4-2-1-3-5-20)16-23-14-12-22(13-15-23)11-8-18-6-9-21-10-7-18/h1-7,9-10,19,24H,8,11-17H2/t19-/m0/s1. The zero-order chi connectivity index (χ0) is 17.3. The van der Waals surface area contributed by atoms with Crippen LogP contribution in [0.2, 0.25) is 0 Å². The summed E-state index contributed by atoms with van der Waals surface area (Å²) >= 11 is 0. The molecule has 1 aromatic carbocycles. The molecular weight excluding hydrogens is 314 g/mol. The maximum Gasteiger partial charge on any atom is 0.119 e. The van der Waals surface area contributed by atoms with E-state index in [1.807, 2.05) is 42.7 Å². The number of pyridine rings is 1. The van der Waals surface area contributed by atoms with Gasteiger partial charge >= 0.3 is 0 Å². The van der Waals surface area contributed by atoms with Gasteiger partial charge in [-0.25, -0.2) is 0 Å². The van der Waals surface area contributed by atoms with Crippen LogP contribution in [0.1, 0.15) is 5.56 Å². The second-order valence-corrected chi connectivity index (χ2v) is 6.53. The van der Waals surface area contributed by atoms with Crippen LogP contribution in [-0.4, -0.2) is 71.9 Å². The summed E-state index contributed by atoms with van der Waals surface area (Å²) in [5.41, 5.74) is 1.34. The van der Waals surface area contributed by atoms with Gasteiger partial charge in [-0.1, -0.05) is 18.2 Å². The lowest BCUT2D eigenvalue weighted by Gasteiger charge is -2.35. The summed E-state index contributed by atoms with van der Waals surface area (Å²) in [4.78, 5) is 8.87. The molecule has 25 heavy (non-hydrogen) atoms. The second kappa shape index (κ2) is 9.51. The van der Waals surface area contributed by atoms with Crippen LogP contribution in [0.3, 0.4) is 0 Å². The Hall–Kier alpha value is -1.95. The number of aliphatic hydroxyl groups excluding tert-OH is 1. The summed E-state index contributed by atoms with van der Waals surface area (Å²) in [6, 6.07) is 13.8. The number of aliphatic hydroxyl groups is 1. The number of hydrogen-bond donors (Lipinski definition) is 1. The van der Waals surface area contributed by atoms with E-state index >= 15 is 0 Å². The number of aromatic nitrogens is 1. The predicted octanol–water partition coefficient (Wildman–Crippen LogP) is 1.68. The van der Waals surface area contributed by atoms with Crippen LogP contribution in [0.25, 0.3) is 0 Å². The fraction of sp³-hybridized carbons (Fsp3) is 0.450. The number of piperazine rings is 1. The van der Waals surface area contributed by atoms with Gasteiger partial charge in [0.05, 0.1) is 0 Å². The lowest BCUT2D eigenvalue weighted by Crippen LogP contribution is -2.49. The van der Waals surface area contributed by atoms with E-state index in [2.05, 4.69) is 26.9 Å². The highest BCUT2D eigenvalue weighted by atomic mass is 16.5. The van der Waals surface area contributed by atoms with Crippen LogP contribution in [0.5, 0.6) is 5.75 Å². The molecule has 1 aromatic heterocycles. The number of nitrogens with zero attached hydrogens (tertiary/aromatic N) is 3. The van der Waals surface area contributed by atoms with E-state index in [9.17, 15) is 5.11 Å². The molecule has 3 rings (SSSR count). The Morgan fingerprint density at radius 1 is 0.960 bits per heavy atom. The first-order chi connectivity index (χ1) is 12.3. The highest BCUT2D eigenvalue weighted by Gasteiger charge is 2.19. The minimum atomic E-state index is -0.455. The predicted molar refractivity (Wildman–Crippen MR) is 98.8 cm³/mol. The topological polar surface area (TPSA) is 48.8 Å². The molecule has 2 heterocycles. The monoisotopic (exact) mass is 341 g/mol. The van der Waals surface area contributed by atoms with E-state index in [0.29, 0.717) is 13.2 Å². The highest BCUT2D eigenvalue weighted by molar-refractivity contribution is 5.20. The van der Waals surface area contributed by atoms with Crippen molar-refractivity contribution in [3.05, 3.63) is 60.4 Å². The van der Waals surface area contributed by atoms with Crippen LogP contribution < -0.4 is 4.74 Å². The van der Waals surface area contributed by atoms with Gasteiger partial charge in [0.15, 0.2) is 0 Å². The first-order valence-corrected chi connectivity index (χ1v) is 8.99. The quantitative estimate of drug-likeness (QED) is 0.792. The van der Waals surface area contributed by atoms with Gasteiger partial charge in [-0.3, -0.25) is 9.88 Å². The summed E-state index contributed by atoms with van der Waals surface area (Å²) in [6.07, 6.45) is 4.32. The smallest absolute Gasteiger partial charge is 0.119 e. The fourth-order valence-electron chi connectivity index (χ4n) is 3.09. The molecule has 5 heteroatoms. The lowest BCUT2D eigenvalue weighted by atomic mass is 10.2. The lowest BCUT2D eigenvalue weighted by molar-refractivity contribution is 0.0463. The molecule has 0 unspecified atom stereocenters. The first kappa shape index (κ1) is 17.9. The van der Waals surface area contributed by atoms with Crippen molar-refractivity contribution in [1.29, 1.82) is 0 Å². The van der Waals surface area contributed by atoms with Crippen molar-refractivity contribution in [1.82, 2.24) is 14.8 Å². The Kier molecular flexibility index (Phi) is 6.79. The molecule has 0 spiro atoms. The van der Waals surface area contributed by atoms with Crippen LogP contribution in [-0.2, 0) is 6.42 Å². The van der Waals surface area contributed by atoms with Gasteiger partial charge in [-0.05, 0) is 36.2 Å². The first-order valence-electron chi connectivity index (χ1n) is 8.99. The average Bonchev–Trinajstić information content (AvgIpc) is 2.67. The molecule has 134 valence electrons. The third kappa shape index (κ3) is 6.12. The molecule has 0 aliphatic carbocycles. The van der Waals surface area contributed by atoms with E-state index < -0.39 is 6.10 Å². The molecule has 1 fully saturated rings. The molecule has 1 atom stereocenters. The third-order valence-electron chi connectivity index (χ3n) is 4.59. The van der Waals surface area contributed by atoms with Crippen molar-refractivity contribution >= 4 is 0 Å². The van der Waals surface area contributed by atoms with Crippen molar-refractivity contribution in [2.45, 2.75) is 12.5 Å². The molecule has 0 radical (unpaired) electrons. The van der Waals surface area contributed by atoms with Crippen molar-refractivity contribution in [2.75, 3.05) is 45.9 Å². The summed E-state index contributed by atoms with van der Waals surface area (Å²) in [7, 11) is 0. The van der Waals surface area contributed by atoms with E-state index in [1.54, 1.807) is 0 Å². The van der Waals surface area contributed by atoms with Crippen molar-refractivity contribution < 1.29 is 9.84 Å². The van der Waals surface area contributed by atoms with E-state index in [1.165, 1.54) is 5.56 Å². The Labute approximate surface area is 149 Å². The van der Waals surface area contributed by atoms with Crippen molar-refractivity contribution in [3.8, 4) is 5.75 Å². The molecule has 2 aromatic rings. The summed E-state index contributed by atoms with van der Waals surface area (Å²) < 4.78 is 5.63. The third-order valence-corrected chi connectivity index (χ3v) is 4.59. The number of benzene rings is 1. The normalized spacial score (nSPS) is 17.3. The van der Waals surface area contributed by atoms with Crippen LogP contribution in [0, 0.1) is 0 Å². The molecule has 0 bridgehead atoms. The van der Waals surface area contributed by atoms with Gasteiger partial charge in [-0.2, -0.15) is 0 Å². The largest absolute Gasteiger partial charge is 0.491 e. The van der Waals surface area contributed by atoms with Crippen molar-refractivity contribution in [3.63, 3.8) is 0 Å². The van der Waals surface area contributed by atoms with Gasteiger partial charge in [0, 0.05) is 51.7 Å². The molecule has 5 nitrogen and oxygen atoms in total. The maximum absolute atomic E-state index is 10.2. The zero-order valence-corrected chi connectivity index (χ0v) is 14.6. The summed E-state index contributed by atoms with van der Waals surface area (Å²) in [5, 5.41) is 10.2. The second-order valence-electron chi connectivity index (χ2n) is 6.53. The number of rotatable bonds is 8. The number of para-hydroxylation sites is 1. The van der Waals surface area contributed by atoms with Crippen LogP contribution in [0.15, 0.2) is 54.9 Å². The van der Waals surface area contributed by atoms with E-state index in [0.717, 1.165) is 44.9 Å². The summed E-state index contributed by atoms with van der Waals surface area (Å²) in [6.45, 7) is 6.20. The number of ether oxygens (including phenoxy) is 1. The fourth-order valence-corrected chi connectivity index (χ4v) is 3.09. The van der Waals surface area contributed by atoms with E-state index in [-0.39, 0.29) is 0 Å². The molecule has 1 aliphatic rings. The van der Waals surface area contributed by atoms with Gasteiger partial charge in [-0.15, -0.1) is 0 Å². The minimum Gasteiger partial charge on any atom is -0.491 e. The van der Waals surface area contributed by atoms with Crippen LogP contribution in [0.4, 0.5) is 0 Å². The van der Waals surface area contributed by atoms with E-state index in [4.69, 9.17) is 4.74 Å². The van der Waals surface area contributed by atoms with Gasteiger partial charge in [0.2, 0.25) is 0 Å². The van der Waals surface area contributed by atoms with Gasteiger partial charge in [0.25, 0.3) is 0 Å². The van der Waals surface area contributed by atoms with Crippen LogP contribution >= 0.6 is 0 Å². The Bertz CT molecular complexity index is 601. The van der Waals surface area contributed by atoms with Crippen molar-refractivity contribution in [2.24, 2.45) is 0 Å². The highest BCUT2D eigenvalue weighted by Crippen LogP contribution is 2.10. The maximum atomic E-state index is 10.2. The zero-order valence-electron chi connectivity index (χ0n) is 14.6. The van der Waals surface area contributed by atoms with Gasteiger partial charge in [0.1, 0.15) is 18.5 Å². The SMILES string of the molecule is O[C@H](COc1ccccc1)CN1CCN(CCc2ccncc2)CC1. The number of hydrogen-bond acceptors (Lipinski definition) is 5. The molecule has 0 saturated carbocycles. The Morgan fingerprint density at radius 2 is 1.64 bits per heavy atom. The Balaban J connectivity index is 1.32. The average molecular weight is 341 g/mol. The minimum absolute atomic E-state index is 0.340. The summed E-state index contributed by atoms with van der Waals surface area (Å²) in [5.74, 6) is 0.808. The number of β-amino-alcohol motifs (C(OH)–C–C–N with tert-alkyl or cyclic N) is 1. The molecule has 1 N–H and O–H groups in total.